The number of hydrogen-bond donors (Lipinski definition) is 2. The van der Waals surface area contributed by atoms with Crippen molar-refractivity contribution >= 4 is 44.9 Å². The summed E-state index contributed by atoms with van der Waals surface area (Å²) in [5.41, 5.74) is 1.58. The lowest BCUT2D eigenvalue weighted by Crippen LogP contribution is -2.49. The molecule has 5 heterocycles. The van der Waals surface area contributed by atoms with Crippen LogP contribution in [0.5, 0.6) is 11.5 Å². The number of fused-ring (bicyclic) bond motifs is 2. The Morgan fingerprint density at radius 3 is 2.31 bits per heavy atom. The number of hydrogen-bond acceptors (Lipinski definition) is 9. The fourth-order valence-electron chi connectivity index (χ4n) is 7.02. The Hall–Kier alpha value is -5.36. The van der Waals surface area contributed by atoms with E-state index in [1.165, 1.54) is 26.4 Å². The topological polar surface area (TPSA) is 125 Å². The molecule has 51 heavy (non-hydrogen) atoms. The zero-order valence-corrected chi connectivity index (χ0v) is 28.2. The highest BCUT2D eigenvalue weighted by molar-refractivity contribution is 6.00. The van der Waals surface area contributed by atoms with Gasteiger partial charge >= 0.3 is 0 Å². The second-order valence-corrected chi connectivity index (χ2v) is 13.0. The van der Waals surface area contributed by atoms with Gasteiger partial charge in [-0.15, -0.1) is 0 Å². The molecule has 0 spiro atoms. The Kier molecular flexibility index (Phi) is 6.67. The Morgan fingerprint density at radius 1 is 0.843 bits per heavy atom. The summed E-state index contributed by atoms with van der Waals surface area (Å²) < 4.78 is 84.9. The quantitative estimate of drug-likeness (QED) is 0.224. The normalized spacial score (nSPS) is 25.4. The molecule has 3 aromatic carbocycles. The number of anilines is 2. The van der Waals surface area contributed by atoms with Crippen molar-refractivity contribution in [1.82, 2.24) is 24.8 Å². The number of rotatable bonds is 8. The second kappa shape index (κ2) is 13.7. The number of aromatic amines is 1. The monoisotopic (exact) mass is 697 g/mol. The molecule has 2 N–H and O–H groups in total. The largest absolute Gasteiger partial charge is 0.497 e. The standard InChI is InChI=1S/C39H43N7O5/c1-50-31-20-32-36(34(21-31)51-2)39(49)42-37(40-32)26-3-6-29(7-4-26)44-13-11-25(12-14-44)22-43-15-17-45(18-16-43)30-8-5-27-23-46(24-28(27)19-30)33-9-10-35(47)41-38(33)48/h3-8,19-21,23-25,33H,9-18,22H2,1-2H3,(H,40,42,49)(H,41,47,48)/i15D2,16D2,17D2,18D2. The molecular formula is C39H43N7O5. The molecule has 1 atom stereocenters. The van der Waals surface area contributed by atoms with Crippen molar-refractivity contribution < 1.29 is 30.0 Å². The van der Waals surface area contributed by atoms with Crippen molar-refractivity contribution in [2.75, 3.05) is 69.6 Å². The first-order valence-corrected chi connectivity index (χ1v) is 16.9. The van der Waals surface area contributed by atoms with Crippen LogP contribution >= 0.6 is 0 Å². The number of carbonyl (C=O) groups is 2. The fraction of sp³-hybridized carbons (Fsp3) is 0.385. The van der Waals surface area contributed by atoms with Crippen LogP contribution in [0, 0.1) is 5.92 Å². The number of nitrogens with zero attached hydrogens (tertiary/aromatic N) is 5. The highest BCUT2D eigenvalue weighted by Gasteiger charge is 2.28. The second-order valence-electron chi connectivity index (χ2n) is 13.0. The van der Waals surface area contributed by atoms with Crippen molar-refractivity contribution in [2.24, 2.45) is 5.92 Å². The lowest BCUT2D eigenvalue weighted by Gasteiger charge is -2.40. The first-order valence-electron chi connectivity index (χ1n) is 20.9. The molecule has 2 aromatic heterocycles. The fourth-order valence-corrected chi connectivity index (χ4v) is 7.02. The van der Waals surface area contributed by atoms with Gasteiger partial charge in [-0.2, -0.15) is 0 Å². The molecule has 3 fully saturated rings. The van der Waals surface area contributed by atoms with Crippen LogP contribution < -0.4 is 30.1 Å². The first kappa shape index (κ1) is 24.7. The number of amides is 2. The molecule has 2 amide bonds. The van der Waals surface area contributed by atoms with Crippen molar-refractivity contribution in [1.29, 1.82) is 0 Å². The summed E-state index contributed by atoms with van der Waals surface area (Å²) >= 11 is 0. The molecule has 264 valence electrons. The molecule has 0 bridgehead atoms. The number of aromatic nitrogens is 3. The van der Waals surface area contributed by atoms with Gasteiger partial charge in [0, 0.05) is 104 Å². The van der Waals surface area contributed by atoms with Gasteiger partial charge in [0.15, 0.2) is 0 Å². The highest BCUT2D eigenvalue weighted by Crippen LogP contribution is 2.31. The van der Waals surface area contributed by atoms with E-state index in [0.29, 0.717) is 86.7 Å². The number of piperazine rings is 1. The van der Waals surface area contributed by atoms with Gasteiger partial charge in [-0.05, 0) is 67.0 Å². The number of nitrogens with one attached hydrogen (secondary N) is 2. The van der Waals surface area contributed by atoms with Crippen LogP contribution in [0.15, 0.2) is 71.8 Å². The van der Waals surface area contributed by atoms with Gasteiger partial charge in [-0.1, -0.05) is 6.07 Å². The highest BCUT2D eigenvalue weighted by atomic mass is 16.5. The minimum atomic E-state index is -3.03. The Morgan fingerprint density at radius 2 is 1.59 bits per heavy atom. The zero-order chi connectivity index (χ0) is 42.2. The van der Waals surface area contributed by atoms with Crippen LogP contribution in [0.4, 0.5) is 11.4 Å². The van der Waals surface area contributed by atoms with Crippen molar-refractivity contribution in [2.45, 2.75) is 31.7 Å². The minimum absolute atomic E-state index is 0.0662. The summed E-state index contributed by atoms with van der Waals surface area (Å²) in [7, 11) is 2.99. The predicted molar refractivity (Wildman–Crippen MR) is 198 cm³/mol. The van der Waals surface area contributed by atoms with E-state index in [1.54, 1.807) is 35.2 Å². The van der Waals surface area contributed by atoms with Crippen LogP contribution in [0.25, 0.3) is 33.1 Å². The van der Waals surface area contributed by atoms with E-state index in [4.69, 9.17) is 20.4 Å². The molecule has 0 aliphatic carbocycles. The maximum absolute atomic E-state index is 13.0. The summed E-state index contributed by atoms with van der Waals surface area (Å²) in [5.74, 6) is 0.145. The third-order valence-corrected chi connectivity index (χ3v) is 9.83. The van der Waals surface area contributed by atoms with Gasteiger partial charge in [0.2, 0.25) is 11.8 Å². The van der Waals surface area contributed by atoms with Crippen LogP contribution in [0.2, 0.25) is 0 Å². The number of carbonyl (C=O) groups excluding carboxylic acids is 2. The van der Waals surface area contributed by atoms with Crippen molar-refractivity contribution in [3.05, 3.63) is 77.3 Å². The van der Waals surface area contributed by atoms with Gasteiger partial charge in [0.05, 0.1) is 25.2 Å². The number of methoxy groups -OCH3 is 2. The molecular weight excluding hydrogens is 646 g/mol. The SMILES string of the molecule is [2H]C1([2H])N(CC2CCN(c3ccc(-c4nc5cc(OC)cc(OC)c5c(=O)[nH]4)cc3)CC2)C([2H])([2H])C([2H])([2H])N(c2ccc3cn(C4CCC(=O)NC4=O)cc3c2)C1([2H])[2H]. The van der Waals surface area contributed by atoms with Crippen molar-refractivity contribution in [3.8, 4) is 22.9 Å². The van der Waals surface area contributed by atoms with Crippen LogP contribution in [-0.2, 0) is 9.59 Å². The van der Waals surface area contributed by atoms with E-state index in [-0.39, 0.29) is 36.0 Å². The van der Waals surface area contributed by atoms with Gasteiger partial charge in [0.25, 0.3) is 5.56 Å². The molecule has 5 aromatic rings. The van der Waals surface area contributed by atoms with Crippen LogP contribution in [0.1, 0.15) is 42.7 Å². The Balaban J connectivity index is 0.974. The van der Waals surface area contributed by atoms with E-state index in [2.05, 4.69) is 20.2 Å². The molecule has 12 heteroatoms. The number of benzene rings is 3. The maximum Gasteiger partial charge on any atom is 0.262 e. The lowest BCUT2D eigenvalue weighted by atomic mass is 9.95. The third kappa shape index (κ3) is 6.63. The van der Waals surface area contributed by atoms with Gasteiger partial charge in [-0.3, -0.25) is 24.6 Å². The number of imide groups is 1. The third-order valence-electron chi connectivity index (χ3n) is 9.83. The Bertz CT molecular complexity index is 2490. The molecule has 3 saturated heterocycles. The number of piperidine rings is 2. The lowest BCUT2D eigenvalue weighted by molar-refractivity contribution is -0.135. The summed E-state index contributed by atoms with van der Waals surface area (Å²) in [6.07, 6.45) is 4.82. The summed E-state index contributed by atoms with van der Waals surface area (Å²) in [5, 5.41) is 3.78. The van der Waals surface area contributed by atoms with Crippen molar-refractivity contribution in [3.63, 3.8) is 0 Å². The van der Waals surface area contributed by atoms with E-state index in [1.807, 2.05) is 24.3 Å². The van der Waals surface area contributed by atoms with E-state index in [0.717, 1.165) is 5.69 Å². The molecule has 3 aliphatic rings. The summed E-state index contributed by atoms with van der Waals surface area (Å²) in [6, 6.07) is 14.6. The summed E-state index contributed by atoms with van der Waals surface area (Å²) in [6.45, 7) is -11.2. The van der Waals surface area contributed by atoms with Gasteiger partial charge in [0.1, 0.15) is 28.8 Å². The summed E-state index contributed by atoms with van der Waals surface area (Å²) in [4.78, 5) is 48.1. The van der Waals surface area contributed by atoms with Crippen LogP contribution in [-0.4, -0.2) is 91.1 Å². The smallest absolute Gasteiger partial charge is 0.262 e. The van der Waals surface area contributed by atoms with E-state index >= 15 is 0 Å². The molecule has 1 unspecified atom stereocenters. The molecule has 0 radical (unpaired) electrons. The molecule has 0 saturated carbocycles. The number of ether oxygens (including phenoxy) is 2. The average molecular weight is 698 g/mol. The van der Waals surface area contributed by atoms with Crippen LogP contribution in [0.3, 0.4) is 0 Å². The Labute approximate surface area is 307 Å². The predicted octanol–water partition coefficient (Wildman–Crippen LogP) is 4.58. The minimum Gasteiger partial charge on any atom is -0.497 e. The average Bonchev–Trinajstić information content (AvgIpc) is 3.62. The number of H-pyrrole nitrogens is 1. The first-order chi connectivity index (χ1) is 27.9. The van der Waals surface area contributed by atoms with Gasteiger partial charge < -0.3 is 28.8 Å². The van der Waals surface area contributed by atoms with E-state index < -0.39 is 37.9 Å². The molecule has 8 rings (SSSR count). The zero-order valence-electron chi connectivity index (χ0n) is 36.2. The molecule has 3 aliphatic heterocycles. The maximum atomic E-state index is 13.0. The van der Waals surface area contributed by atoms with Gasteiger partial charge in [-0.25, -0.2) is 4.98 Å². The van der Waals surface area contributed by atoms with E-state index in [9.17, 15) is 14.4 Å². The molecule has 12 nitrogen and oxygen atoms in total.